The Bertz CT molecular complexity index is 383. The summed E-state index contributed by atoms with van der Waals surface area (Å²) in [6.45, 7) is 15.6. The first kappa shape index (κ1) is 19.6. The lowest BCUT2D eigenvalue weighted by molar-refractivity contribution is -0.181. The van der Waals surface area contributed by atoms with Gasteiger partial charge in [-0.25, -0.2) is 9.59 Å². The third-order valence-corrected chi connectivity index (χ3v) is 2.12. The van der Waals surface area contributed by atoms with Crippen LogP contribution in [0.25, 0.3) is 0 Å². The Morgan fingerprint density at radius 3 is 1.18 bits per heavy atom. The zero-order chi connectivity index (χ0) is 16.8. The van der Waals surface area contributed by atoms with Crippen LogP contribution in [0.5, 0.6) is 0 Å². The Labute approximate surface area is 131 Å². The molecule has 0 aliphatic rings. The van der Waals surface area contributed by atoms with Gasteiger partial charge in [-0.2, -0.15) is 0 Å². The van der Waals surface area contributed by atoms with Gasteiger partial charge in [0.1, 0.15) is 0 Å². The molecule has 22 heavy (non-hydrogen) atoms. The zero-order valence-electron chi connectivity index (χ0n) is 12.6. The van der Waals surface area contributed by atoms with Crippen molar-refractivity contribution >= 4 is 11.9 Å². The maximum Gasteiger partial charge on any atom is 0.349 e. The van der Waals surface area contributed by atoms with Crippen molar-refractivity contribution in [2.75, 3.05) is 26.2 Å². The van der Waals surface area contributed by atoms with E-state index in [2.05, 4.69) is 26.3 Å². The minimum absolute atomic E-state index is 0.350. The molecule has 0 aromatic heterocycles. The van der Waals surface area contributed by atoms with E-state index in [9.17, 15) is 9.59 Å². The average molecular weight is 306 g/mol. The third kappa shape index (κ3) is 9.46. The second-order valence-corrected chi connectivity index (χ2v) is 4.00. The van der Waals surface area contributed by atoms with Crippen LogP contribution in [-0.4, -0.2) is 48.2 Å². The van der Waals surface area contributed by atoms with E-state index in [0.29, 0.717) is 26.2 Å². The molecule has 0 aromatic carbocycles. The predicted octanol–water partition coefficient (Wildman–Crippen LogP) is 1.81. The van der Waals surface area contributed by atoms with E-state index >= 15 is 0 Å². The van der Waals surface area contributed by atoms with Crippen LogP contribution in [-0.2, 0) is 19.3 Å². The van der Waals surface area contributed by atoms with Crippen LogP contribution in [0.3, 0.4) is 0 Å². The number of hydrogen-bond acceptors (Lipinski definition) is 6. The molecule has 0 N–H and O–H groups in total. The van der Waals surface area contributed by atoms with Gasteiger partial charge in [-0.3, -0.25) is 0 Å². The van der Waals surface area contributed by atoms with E-state index in [4.69, 9.17) is 9.68 Å². The Kier molecular flexibility index (Phi) is 10.9. The highest BCUT2D eigenvalue weighted by atomic mass is 16.7. The fourth-order valence-corrected chi connectivity index (χ4v) is 1.33. The highest BCUT2D eigenvalue weighted by molar-refractivity contribution is 5.91. The molecule has 6 nitrogen and oxygen atoms in total. The molecule has 6 heteroatoms. The van der Waals surface area contributed by atoms with Gasteiger partial charge in [0, 0.05) is 12.2 Å². The van der Waals surface area contributed by atoms with Gasteiger partial charge in [-0.05, 0) is 0 Å². The Hall–Kier alpha value is -2.44. The first-order chi connectivity index (χ1) is 10.6. The average Bonchev–Trinajstić information content (AvgIpc) is 2.46. The van der Waals surface area contributed by atoms with E-state index in [1.54, 1.807) is 24.3 Å². The van der Waals surface area contributed by atoms with Gasteiger partial charge in [0.25, 0.3) is 0 Å². The quantitative estimate of drug-likeness (QED) is 0.311. The first-order valence-electron chi connectivity index (χ1n) is 6.62. The van der Waals surface area contributed by atoms with Crippen molar-refractivity contribution in [2.24, 2.45) is 0 Å². The van der Waals surface area contributed by atoms with Gasteiger partial charge in [0.15, 0.2) is 0 Å². The fourth-order valence-electron chi connectivity index (χ4n) is 1.33. The molecule has 0 aromatic rings. The largest absolute Gasteiger partial charge is 0.364 e. The number of nitrogens with zero attached hydrogens (tertiary/aromatic N) is 2. The van der Waals surface area contributed by atoms with Crippen LogP contribution < -0.4 is 0 Å². The van der Waals surface area contributed by atoms with Crippen molar-refractivity contribution in [3.05, 3.63) is 62.8 Å². The monoisotopic (exact) mass is 306 g/mol. The van der Waals surface area contributed by atoms with Crippen molar-refractivity contribution in [2.45, 2.75) is 0 Å². The lowest BCUT2D eigenvalue weighted by Gasteiger charge is -2.17. The molecular weight excluding hydrogens is 284 g/mol. The van der Waals surface area contributed by atoms with E-state index in [-0.39, 0.29) is 0 Å². The standard InChI is InChI=1S/C16H22N2O4/c1-5-11-17(12-6-2)21-15(19)9-10-16(20)22-18(13-7-3)14-8-4/h5-10H,1-4,11-14H2. The molecule has 0 spiro atoms. The molecule has 0 fully saturated rings. The summed E-state index contributed by atoms with van der Waals surface area (Å²) in [5.41, 5.74) is 0. The summed E-state index contributed by atoms with van der Waals surface area (Å²) in [5, 5.41) is 2.69. The normalized spacial score (nSPS) is 10.5. The number of carbonyl (C=O) groups is 2. The van der Waals surface area contributed by atoms with E-state index < -0.39 is 11.9 Å². The van der Waals surface area contributed by atoms with Crippen molar-refractivity contribution in [1.82, 2.24) is 10.1 Å². The van der Waals surface area contributed by atoms with E-state index in [1.165, 1.54) is 10.1 Å². The zero-order valence-corrected chi connectivity index (χ0v) is 12.6. The lowest BCUT2D eigenvalue weighted by Crippen LogP contribution is -2.28. The van der Waals surface area contributed by atoms with Crippen molar-refractivity contribution in [1.29, 1.82) is 0 Å². The van der Waals surface area contributed by atoms with E-state index in [0.717, 1.165) is 12.2 Å². The third-order valence-electron chi connectivity index (χ3n) is 2.12. The SMILES string of the molecule is C=CCN(CC=C)OC(=O)C=CC(=O)ON(CC=C)CC=C. The van der Waals surface area contributed by atoms with Crippen LogP contribution in [0, 0.1) is 0 Å². The van der Waals surface area contributed by atoms with Crippen LogP contribution in [0.15, 0.2) is 62.8 Å². The molecule has 0 bridgehead atoms. The van der Waals surface area contributed by atoms with Crippen LogP contribution in [0.1, 0.15) is 0 Å². The Morgan fingerprint density at radius 1 is 0.682 bits per heavy atom. The Balaban J connectivity index is 4.41. The summed E-state index contributed by atoms with van der Waals surface area (Å²) in [4.78, 5) is 33.1. The molecule has 0 heterocycles. The molecule has 0 atom stereocenters. The number of hydrogen-bond donors (Lipinski definition) is 0. The van der Waals surface area contributed by atoms with Crippen LogP contribution in [0.2, 0.25) is 0 Å². The summed E-state index contributed by atoms with van der Waals surface area (Å²) >= 11 is 0. The minimum atomic E-state index is -0.695. The van der Waals surface area contributed by atoms with Gasteiger partial charge in [0.2, 0.25) is 0 Å². The molecule has 0 saturated heterocycles. The summed E-state index contributed by atoms with van der Waals surface area (Å²) in [6.07, 6.45) is 8.30. The predicted molar refractivity (Wildman–Crippen MR) is 85.3 cm³/mol. The van der Waals surface area contributed by atoms with Crippen molar-refractivity contribution < 1.29 is 19.3 Å². The maximum absolute atomic E-state index is 11.6. The van der Waals surface area contributed by atoms with Gasteiger partial charge >= 0.3 is 11.9 Å². The van der Waals surface area contributed by atoms with Crippen molar-refractivity contribution in [3.8, 4) is 0 Å². The highest BCUT2D eigenvalue weighted by Crippen LogP contribution is 1.96. The highest BCUT2D eigenvalue weighted by Gasteiger charge is 2.09. The van der Waals surface area contributed by atoms with E-state index in [1.807, 2.05) is 0 Å². The molecule has 0 amide bonds. The molecule has 0 radical (unpaired) electrons. The van der Waals surface area contributed by atoms with Crippen LogP contribution >= 0.6 is 0 Å². The molecule has 120 valence electrons. The number of hydroxylamine groups is 4. The Morgan fingerprint density at radius 2 is 0.955 bits per heavy atom. The van der Waals surface area contributed by atoms with Gasteiger partial charge in [-0.15, -0.1) is 36.4 Å². The summed E-state index contributed by atoms with van der Waals surface area (Å²) in [7, 11) is 0. The summed E-state index contributed by atoms with van der Waals surface area (Å²) in [5.74, 6) is -1.39. The smallest absolute Gasteiger partial charge is 0.349 e. The summed E-state index contributed by atoms with van der Waals surface area (Å²) in [6, 6.07) is 0. The lowest BCUT2D eigenvalue weighted by atomic mass is 10.5. The topological polar surface area (TPSA) is 59.1 Å². The van der Waals surface area contributed by atoms with Crippen molar-refractivity contribution in [3.63, 3.8) is 0 Å². The van der Waals surface area contributed by atoms with Gasteiger partial charge in [0.05, 0.1) is 26.2 Å². The molecule has 0 aliphatic carbocycles. The van der Waals surface area contributed by atoms with Crippen LogP contribution in [0.4, 0.5) is 0 Å². The van der Waals surface area contributed by atoms with Gasteiger partial charge < -0.3 is 9.68 Å². The molecular formula is C16H22N2O4. The number of rotatable bonds is 12. The molecule has 0 aliphatic heterocycles. The first-order valence-corrected chi connectivity index (χ1v) is 6.62. The fraction of sp³-hybridized carbons (Fsp3) is 0.250. The second-order valence-electron chi connectivity index (χ2n) is 4.00. The molecule has 0 saturated carbocycles. The van der Waals surface area contributed by atoms with Gasteiger partial charge in [-0.1, -0.05) is 24.3 Å². The minimum Gasteiger partial charge on any atom is -0.364 e. The molecule has 0 unspecified atom stereocenters. The summed E-state index contributed by atoms with van der Waals surface area (Å²) < 4.78 is 0. The number of carbonyl (C=O) groups excluding carboxylic acids is 2. The second kappa shape index (κ2) is 12.3. The maximum atomic E-state index is 11.6. The molecule has 0 rings (SSSR count).